The van der Waals surface area contributed by atoms with Crippen molar-refractivity contribution in [2.45, 2.75) is 20.8 Å². The van der Waals surface area contributed by atoms with Gasteiger partial charge in [0.05, 0.1) is 13.7 Å². The van der Waals surface area contributed by atoms with E-state index in [4.69, 9.17) is 9.47 Å². The first-order chi connectivity index (χ1) is 9.98. The summed E-state index contributed by atoms with van der Waals surface area (Å²) in [7, 11) is 1.61. The first-order valence-electron chi connectivity index (χ1n) is 7.59. The van der Waals surface area contributed by atoms with E-state index >= 15 is 0 Å². The fourth-order valence-corrected chi connectivity index (χ4v) is 3.56. The Labute approximate surface area is 126 Å². The maximum atomic E-state index is 12.6. The molecule has 2 fully saturated rings. The van der Waals surface area contributed by atoms with Crippen molar-refractivity contribution in [2.24, 2.45) is 17.3 Å². The van der Waals surface area contributed by atoms with Crippen molar-refractivity contribution in [1.82, 2.24) is 4.90 Å². The van der Waals surface area contributed by atoms with Gasteiger partial charge in [-0.25, -0.2) is 0 Å². The second kappa shape index (κ2) is 4.93. The first-order valence-corrected chi connectivity index (χ1v) is 7.59. The molecule has 21 heavy (non-hydrogen) atoms. The molecule has 1 aliphatic heterocycles. The minimum atomic E-state index is 0.0987. The Hall–Kier alpha value is -1.71. The molecular weight excluding hydrogens is 266 g/mol. The average Bonchev–Trinajstić information content (AvgIpc) is 2.83. The Morgan fingerprint density at radius 2 is 1.95 bits per heavy atom. The zero-order chi connectivity index (χ0) is 15.2. The predicted molar refractivity (Wildman–Crippen MR) is 80.8 cm³/mol. The Bertz CT molecular complexity index is 553. The van der Waals surface area contributed by atoms with E-state index in [2.05, 4.69) is 13.8 Å². The molecule has 2 aliphatic rings. The fraction of sp³-hybridized carbons (Fsp3) is 0.588. The summed E-state index contributed by atoms with van der Waals surface area (Å²) < 4.78 is 10.8. The number of piperidine rings is 1. The molecule has 1 heterocycles. The Kier molecular flexibility index (Phi) is 3.34. The number of benzene rings is 1. The average molecular weight is 289 g/mol. The molecule has 1 saturated heterocycles. The number of rotatable bonds is 4. The van der Waals surface area contributed by atoms with Crippen LogP contribution in [0.3, 0.4) is 0 Å². The molecule has 114 valence electrons. The van der Waals surface area contributed by atoms with Crippen molar-refractivity contribution < 1.29 is 14.3 Å². The Balaban J connectivity index is 1.75. The second-order valence-corrected chi connectivity index (χ2v) is 6.54. The van der Waals surface area contributed by atoms with Crippen LogP contribution < -0.4 is 9.47 Å². The van der Waals surface area contributed by atoms with Gasteiger partial charge in [0.1, 0.15) is 0 Å². The fourth-order valence-electron chi connectivity index (χ4n) is 3.56. The van der Waals surface area contributed by atoms with Gasteiger partial charge in [0.25, 0.3) is 5.91 Å². The van der Waals surface area contributed by atoms with Gasteiger partial charge in [0.2, 0.25) is 0 Å². The van der Waals surface area contributed by atoms with Gasteiger partial charge in [-0.3, -0.25) is 4.79 Å². The predicted octanol–water partition coefficient (Wildman–Crippen LogP) is 2.82. The zero-order valence-corrected chi connectivity index (χ0v) is 13.2. The van der Waals surface area contributed by atoms with Crippen LogP contribution in [0.5, 0.6) is 11.5 Å². The van der Waals surface area contributed by atoms with Crippen LogP contribution in [-0.4, -0.2) is 37.6 Å². The van der Waals surface area contributed by atoms with Gasteiger partial charge < -0.3 is 14.4 Å². The quantitative estimate of drug-likeness (QED) is 0.855. The number of fused-ring (bicyclic) bond motifs is 1. The smallest absolute Gasteiger partial charge is 0.254 e. The normalized spacial score (nSPS) is 25.4. The summed E-state index contributed by atoms with van der Waals surface area (Å²) in [5.41, 5.74) is 1.10. The Morgan fingerprint density at radius 1 is 1.29 bits per heavy atom. The molecule has 0 aromatic heterocycles. The molecule has 1 amide bonds. The van der Waals surface area contributed by atoms with E-state index in [1.807, 2.05) is 17.9 Å². The molecule has 4 nitrogen and oxygen atoms in total. The molecular formula is C17H23NO3. The standard InChI is InChI=1S/C17H23NO3/c1-5-21-15-8-11(6-7-14(15)20-4)16(19)18-9-12-13(10-18)17(12,2)3/h6-8,12-13H,5,9-10H2,1-4H3. The zero-order valence-electron chi connectivity index (χ0n) is 13.2. The lowest BCUT2D eigenvalue weighted by atomic mass is 10.1. The number of nitrogens with zero attached hydrogens (tertiary/aromatic N) is 1. The molecule has 4 heteroatoms. The summed E-state index contributed by atoms with van der Waals surface area (Å²) in [5, 5.41) is 0. The van der Waals surface area contributed by atoms with Crippen LogP contribution in [0.1, 0.15) is 31.1 Å². The van der Waals surface area contributed by atoms with Crippen molar-refractivity contribution in [3.05, 3.63) is 23.8 Å². The van der Waals surface area contributed by atoms with Crippen molar-refractivity contribution in [3.63, 3.8) is 0 Å². The summed E-state index contributed by atoms with van der Waals surface area (Å²) in [5.74, 6) is 2.74. The van der Waals surface area contributed by atoms with Crippen molar-refractivity contribution >= 4 is 5.91 Å². The van der Waals surface area contributed by atoms with Gasteiger partial charge in [-0.1, -0.05) is 13.8 Å². The SMILES string of the molecule is CCOc1cc(C(=O)N2CC3C(C2)C3(C)C)ccc1OC. The van der Waals surface area contributed by atoms with Gasteiger partial charge in [-0.05, 0) is 42.4 Å². The topological polar surface area (TPSA) is 38.8 Å². The maximum Gasteiger partial charge on any atom is 0.254 e. The largest absolute Gasteiger partial charge is 0.493 e. The molecule has 2 atom stereocenters. The highest BCUT2D eigenvalue weighted by molar-refractivity contribution is 5.95. The van der Waals surface area contributed by atoms with E-state index in [0.717, 1.165) is 13.1 Å². The lowest BCUT2D eigenvalue weighted by molar-refractivity contribution is 0.0757. The highest BCUT2D eigenvalue weighted by Crippen LogP contribution is 2.62. The summed E-state index contributed by atoms with van der Waals surface area (Å²) >= 11 is 0. The van der Waals surface area contributed by atoms with Crippen LogP contribution in [-0.2, 0) is 0 Å². The number of likely N-dealkylation sites (tertiary alicyclic amines) is 1. The molecule has 0 radical (unpaired) electrons. The van der Waals surface area contributed by atoms with Crippen LogP contribution in [0.2, 0.25) is 0 Å². The van der Waals surface area contributed by atoms with Gasteiger partial charge >= 0.3 is 0 Å². The lowest BCUT2D eigenvalue weighted by Crippen LogP contribution is -2.32. The summed E-state index contributed by atoms with van der Waals surface area (Å²) in [4.78, 5) is 14.6. The molecule has 1 aromatic rings. The summed E-state index contributed by atoms with van der Waals surface area (Å²) in [6, 6.07) is 5.41. The van der Waals surface area contributed by atoms with E-state index < -0.39 is 0 Å². The number of hydrogen-bond acceptors (Lipinski definition) is 3. The number of carbonyl (C=O) groups excluding carboxylic acids is 1. The van der Waals surface area contributed by atoms with Crippen LogP contribution in [0, 0.1) is 17.3 Å². The number of carbonyl (C=O) groups is 1. The van der Waals surface area contributed by atoms with Crippen LogP contribution >= 0.6 is 0 Å². The van der Waals surface area contributed by atoms with Gasteiger partial charge in [-0.2, -0.15) is 0 Å². The third-order valence-electron chi connectivity index (χ3n) is 5.12. The lowest BCUT2D eigenvalue weighted by Gasteiger charge is -2.22. The molecule has 1 aliphatic carbocycles. The van der Waals surface area contributed by atoms with Crippen molar-refractivity contribution in [3.8, 4) is 11.5 Å². The van der Waals surface area contributed by atoms with E-state index in [1.165, 1.54) is 0 Å². The summed E-state index contributed by atoms with van der Waals surface area (Å²) in [6.07, 6.45) is 0. The number of methoxy groups -OCH3 is 1. The number of ether oxygens (including phenoxy) is 2. The van der Waals surface area contributed by atoms with E-state index in [9.17, 15) is 4.79 Å². The second-order valence-electron chi connectivity index (χ2n) is 6.54. The number of hydrogen-bond donors (Lipinski definition) is 0. The van der Waals surface area contributed by atoms with Gasteiger partial charge in [0, 0.05) is 18.7 Å². The highest BCUT2D eigenvalue weighted by atomic mass is 16.5. The van der Waals surface area contributed by atoms with Crippen molar-refractivity contribution in [2.75, 3.05) is 26.8 Å². The molecule has 0 bridgehead atoms. The van der Waals surface area contributed by atoms with Gasteiger partial charge in [-0.15, -0.1) is 0 Å². The molecule has 3 rings (SSSR count). The highest BCUT2D eigenvalue weighted by Gasteiger charge is 2.62. The molecule has 0 spiro atoms. The van der Waals surface area contributed by atoms with Crippen LogP contribution in [0.4, 0.5) is 0 Å². The molecule has 0 N–H and O–H groups in total. The molecule has 1 saturated carbocycles. The van der Waals surface area contributed by atoms with E-state index in [1.54, 1.807) is 19.2 Å². The minimum absolute atomic E-state index is 0.0987. The summed E-state index contributed by atoms with van der Waals surface area (Å²) in [6.45, 7) is 8.83. The van der Waals surface area contributed by atoms with E-state index in [-0.39, 0.29) is 5.91 Å². The minimum Gasteiger partial charge on any atom is -0.493 e. The molecule has 2 unspecified atom stereocenters. The van der Waals surface area contributed by atoms with Crippen LogP contribution in [0.25, 0.3) is 0 Å². The third-order valence-corrected chi connectivity index (χ3v) is 5.12. The molecule has 1 aromatic carbocycles. The van der Waals surface area contributed by atoms with Crippen molar-refractivity contribution in [1.29, 1.82) is 0 Å². The monoisotopic (exact) mass is 289 g/mol. The maximum absolute atomic E-state index is 12.6. The van der Waals surface area contributed by atoms with E-state index in [0.29, 0.717) is 40.9 Å². The Morgan fingerprint density at radius 3 is 2.52 bits per heavy atom. The van der Waals surface area contributed by atoms with Gasteiger partial charge in [0.15, 0.2) is 11.5 Å². The van der Waals surface area contributed by atoms with Crippen LogP contribution in [0.15, 0.2) is 18.2 Å². The third kappa shape index (κ3) is 2.27. The number of amides is 1. The first kappa shape index (κ1) is 14.2.